The van der Waals surface area contributed by atoms with E-state index in [-0.39, 0.29) is 24.6 Å². The molecule has 1 amide bonds. The van der Waals surface area contributed by atoms with E-state index < -0.39 is 0 Å². The lowest BCUT2D eigenvalue weighted by Crippen LogP contribution is -2.58. The Morgan fingerprint density at radius 1 is 1.44 bits per heavy atom. The van der Waals surface area contributed by atoms with E-state index in [0.717, 1.165) is 26.2 Å². The van der Waals surface area contributed by atoms with Gasteiger partial charge in [0, 0.05) is 32.7 Å². The van der Waals surface area contributed by atoms with Crippen LogP contribution in [0.4, 0.5) is 0 Å². The van der Waals surface area contributed by atoms with Gasteiger partial charge in [-0.15, -0.1) is 0 Å². The van der Waals surface area contributed by atoms with Crippen molar-refractivity contribution in [2.24, 2.45) is 0 Å². The van der Waals surface area contributed by atoms with E-state index in [0.29, 0.717) is 19.8 Å². The van der Waals surface area contributed by atoms with Gasteiger partial charge in [-0.2, -0.15) is 0 Å². The number of aliphatic hydroxyl groups excluding tert-OH is 1. The first-order valence-corrected chi connectivity index (χ1v) is 6.68. The molecule has 0 aromatic carbocycles. The van der Waals surface area contributed by atoms with Crippen LogP contribution in [0.25, 0.3) is 0 Å². The second-order valence-electron chi connectivity index (χ2n) is 4.90. The summed E-state index contributed by atoms with van der Waals surface area (Å²) in [7, 11) is 0. The van der Waals surface area contributed by atoms with E-state index in [4.69, 9.17) is 4.74 Å². The largest absolute Gasteiger partial charge is 0.394 e. The van der Waals surface area contributed by atoms with Crippen molar-refractivity contribution in [2.75, 3.05) is 52.5 Å². The highest BCUT2D eigenvalue weighted by atomic mass is 16.5. The van der Waals surface area contributed by atoms with E-state index in [1.807, 2.05) is 6.92 Å². The van der Waals surface area contributed by atoms with Crippen LogP contribution < -0.4 is 5.32 Å². The number of nitrogens with one attached hydrogen (secondary N) is 1. The van der Waals surface area contributed by atoms with E-state index in [9.17, 15) is 9.90 Å². The van der Waals surface area contributed by atoms with Gasteiger partial charge in [-0.25, -0.2) is 0 Å². The Morgan fingerprint density at radius 2 is 2.17 bits per heavy atom. The first-order valence-electron chi connectivity index (χ1n) is 6.68. The molecule has 2 rings (SSSR count). The third kappa shape index (κ3) is 3.00. The van der Waals surface area contributed by atoms with Crippen LogP contribution >= 0.6 is 0 Å². The summed E-state index contributed by atoms with van der Waals surface area (Å²) in [4.78, 5) is 16.4. The highest BCUT2D eigenvalue weighted by molar-refractivity contribution is 5.82. The first kappa shape index (κ1) is 13.7. The minimum absolute atomic E-state index is 0.0278. The molecular weight excluding hydrogens is 234 g/mol. The number of aliphatic hydroxyl groups is 1. The number of rotatable bonds is 3. The number of amides is 1. The van der Waals surface area contributed by atoms with Gasteiger partial charge < -0.3 is 20.1 Å². The van der Waals surface area contributed by atoms with Crippen LogP contribution in [0.5, 0.6) is 0 Å². The van der Waals surface area contributed by atoms with Crippen molar-refractivity contribution in [1.82, 2.24) is 15.1 Å². The molecule has 2 N–H and O–H groups in total. The van der Waals surface area contributed by atoms with Crippen LogP contribution in [0.1, 0.15) is 6.92 Å². The van der Waals surface area contributed by atoms with E-state index >= 15 is 0 Å². The monoisotopic (exact) mass is 257 g/mol. The molecule has 2 aliphatic heterocycles. The molecule has 0 aliphatic carbocycles. The minimum Gasteiger partial charge on any atom is -0.394 e. The molecule has 2 atom stereocenters. The molecule has 6 nitrogen and oxygen atoms in total. The summed E-state index contributed by atoms with van der Waals surface area (Å²) in [6, 6.07) is -0.295. The number of hydrogen-bond donors (Lipinski definition) is 2. The highest BCUT2D eigenvalue weighted by Crippen LogP contribution is 2.12. The van der Waals surface area contributed by atoms with Gasteiger partial charge in [-0.1, -0.05) is 0 Å². The molecular formula is C12H23N3O3. The summed E-state index contributed by atoms with van der Waals surface area (Å²) in [5, 5.41) is 12.6. The Kier molecular flexibility index (Phi) is 4.94. The third-order valence-corrected chi connectivity index (χ3v) is 3.78. The Hall–Kier alpha value is -0.690. The van der Waals surface area contributed by atoms with Crippen molar-refractivity contribution in [3.8, 4) is 0 Å². The maximum absolute atomic E-state index is 12.5. The van der Waals surface area contributed by atoms with Gasteiger partial charge in [-0.05, 0) is 6.92 Å². The molecule has 2 unspecified atom stereocenters. The summed E-state index contributed by atoms with van der Waals surface area (Å²) < 4.78 is 5.30. The fraction of sp³-hybridized carbons (Fsp3) is 0.917. The lowest BCUT2D eigenvalue weighted by molar-refractivity contribution is -0.147. The molecule has 0 aromatic heterocycles. The van der Waals surface area contributed by atoms with Crippen LogP contribution in [-0.2, 0) is 9.53 Å². The molecule has 2 heterocycles. The summed E-state index contributed by atoms with van der Waals surface area (Å²) in [6.07, 6.45) is 0. The van der Waals surface area contributed by atoms with Crippen molar-refractivity contribution in [3.63, 3.8) is 0 Å². The predicted octanol–water partition coefficient (Wildman–Crippen LogP) is -1.50. The predicted molar refractivity (Wildman–Crippen MR) is 67.3 cm³/mol. The molecule has 104 valence electrons. The summed E-state index contributed by atoms with van der Waals surface area (Å²) in [6.45, 7) is 7.20. The zero-order valence-corrected chi connectivity index (χ0v) is 11.0. The van der Waals surface area contributed by atoms with Crippen molar-refractivity contribution < 1.29 is 14.6 Å². The smallest absolute Gasteiger partial charge is 0.240 e. The summed E-state index contributed by atoms with van der Waals surface area (Å²) in [5.74, 6) is 0.110. The number of nitrogens with zero attached hydrogens (tertiary/aromatic N) is 2. The second-order valence-corrected chi connectivity index (χ2v) is 4.90. The Morgan fingerprint density at radius 3 is 2.83 bits per heavy atom. The second kappa shape index (κ2) is 6.47. The van der Waals surface area contributed by atoms with Crippen LogP contribution in [-0.4, -0.2) is 85.4 Å². The van der Waals surface area contributed by atoms with Gasteiger partial charge in [0.1, 0.15) is 0 Å². The van der Waals surface area contributed by atoms with Gasteiger partial charge in [0.15, 0.2) is 0 Å². The Balaban J connectivity index is 1.95. The number of piperazine rings is 1. The summed E-state index contributed by atoms with van der Waals surface area (Å²) in [5.41, 5.74) is 0. The lowest BCUT2D eigenvalue weighted by atomic mass is 10.1. The molecule has 2 saturated heterocycles. The maximum atomic E-state index is 12.5. The van der Waals surface area contributed by atoms with Gasteiger partial charge in [0.25, 0.3) is 0 Å². The third-order valence-electron chi connectivity index (χ3n) is 3.78. The zero-order chi connectivity index (χ0) is 13.0. The van der Waals surface area contributed by atoms with Gasteiger partial charge in [0.2, 0.25) is 5.91 Å². The summed E-state index contributed by atoms with van der Waals surface area (Å²) >= 11 is 0. The van der Waals surface area contributed by atoms with Gasteiger partial charge >= 0.3 is 0 Å². The van der Waals surface area contributed by atoms with E-state index in [1.54, 1.807) is 4.90 Å². The van der Waals surface area contributed by atoms with Crippen LogP contribution in [0.15, 0.2) is 0 Å². The quantitative estimate of drug-likeness (QED) is 0.644. The number of hydrogen-bond acceptors (Lipinski definition) is 5. The molecule has 0 bridgehead atoms. The normalized spacial score (nSPS) is 28.1. The standard InChI is InChI=1S/C12H23N3O3/c1-10(14-4-2-13-3-5-14)12(17)15-6-7-18-9-11(15)8-16/h10-11,13,16H,2-9H2,1H3. The molecule has 0 saturated carbocycles. The first-order chi connectivity index (χ1) is 8.74. The molecule has 6 heteroatoms. The number of ether oxygens (including phenoxy) is 1. The van der Waals surface area contributed by atoms with Crippen LogP contribution in [0, 0.1) is 0 Å². The average Bonchev–Trinajstić information content (AvgIpc) is 2.46. The molecule has 0 spiro atoms. The minimum atomic E-state index is -0.184. The average molecular weight is 257 g/mol. The fourth-order valence-corrected chi connectivity index (χ4v) is 2.56. The van der Waals surface area contributed by atoms with Crippen LogP contribution in [0.3, 0.4) is 0 Å². The van der Waals surface area contributed by atoms with Gasteiger partial charge in [0.05, 0.1) is 31.9 Å². The van der Waals surface area contributed by atoms with Crippen molar-refractivity contribution >= 4 is 5.91 Å². The Bertz CT molecular complexity index is 282. The molecule has 2 fully saturated rings. The maximum Gasteiger partial charge on any atom is 0.240 e. The molecule has 18 heavy (non-hydrogen) atoms. The molecule has 0 aromatic rings. The van der Waals surface area contributed by atoms with E-state index in [2.05, 4.69) is 10.2 Å². The number of carbonyl (C=O) groups is 1. The van der Waals surface area contributed by atoms with Crippen molar-refractivity contribution in [3.05, 3.63) is 0 Å². The lowest BCUT2D eigenvalue weighted by Gasteiger charge is -2.39. The fourth-order valence-electron chi connectivity index (χ4n) is 2.56. The number of morpholine rings is 1. The number of carbonyl (C=O) groups excluding carboxylic acids is 1. The topological polar surface area (TPSA) is 65.0 Å². The van der Waals surface area contributed by atoms with Gasteiger partial charge in [-0.3, -0.25) is 9.69 Å². The highest BCUT2D eigenvalue weighted by Gasteiger charge is 2.32. The Labute approximate surface area is 108 Å². The molecule has 2 aliphatic rings. The van der Waals surface area contributed by atoms with Crippen molar-refractivity contribution in [2.45, 2.75) is 19.0 Å². The molecule has 0 radical (unpaired) electrons. The van der Waals surface area contributed by atoms with E-state index in [1.165, 1.54) is 0 Å². The SMILES string of the molecule is CC(C(=O)N1CCOCC1CO)N1CCNCC1. The zero-order valence-electron chi connectivity index (χ0n) is 11.0. The van der Waals surface area contributed by atoms with Crippen LogP contribution in [0.2, 0.25) is 0 Å². The van der Waals surface area contributed by atoms with Crippen molar-refractivity contribution in [1.29, 1.82) is 0 Å².